The van der Waals surface area contributed by atoms with Crippen LogP contribution >= 0.6 is 11.8 Å². The Morgan fingerprint density at radius 1 is 1.28 bits per heavy atom. The number of aromatic nitrogens is 3. The number of nitrogens with one attached hydrogen (secondary N) is 1. The van der Waals surface area contributed by atoms with Crippen LogP contribution in [0, 0.1) is 11.2 Å². The highest BCUT2D eigenvalue weighted by Gasteiger charge is 2.31. The molecule has 8 nitrogen and oxygen atoms in total. The summed E-state index contributed by atoms with van der Waals surface area (Å²) >= 11 is 1.38. The Hall–Kier alpha value is -2.91. The molecule has 0 spiro atoms. The van der Waals surface area contributed by atoms with Gasteiger partial charge in [0.25, 0.3) is 5.88 Å². The van der Waals surface area contributed by atoms with Crippen LogP contribution in [0.25, 0.3) is 0 Å². The van der Waals surface area contributed by atoms with Crippen LogP contribution in [0.4, 0.5) is 13.2 Å². The first kappa shape index (κ1) is 20.8. The number of halogens is 3. The Labute approximate surface area is 166 Å². The quantitative estimate of drug-likeness (QED) is 0.697. The van der Waals surface area contributed by atoms with Crippen molar-refractivity contribution in [1.29, 1.82) is 0 Å². The van der Waals surface area contributed by atoms with Gasteiger partial charge in [0, 0.05) is 30.1 Å². The van der Waals surface area contributed by atoms with Gasteiger partial charge in [-0.15, -0.1) is 13.2 Å². The van der Waals surface area contributed by atoms with E-state index in [2.05, 4.69) is 31.3 Å². The zero-order valence-corrected chi connectivity index (χ0v) is 15.5. The van der Waals surface area contributed by atoms with Crippen molar-refractivity contribution >= 4 is 17.7 Å². The minimum Gasteiger partial charge on any atom is -0.476 e. The minimum absolute atomic E-state index is 0.136. The molecule has 29 heavy (non-hydrogen) atoms. The van der Waals surface area contributed by atoms with Gasteiger partial charge < -0.3 is 19.3 Å². The number of carboxylic acids is 1. The normalized spacial score (nSPS) is 14.7. The number of alkyl halides is 3. The van der Waals surface area contributed by atoms with Crippen molar-refractivity contribution in [2.45, 2.75) is 24.5 Å². The molecule has 3 rings (SSSR count). The number of hydrogen-bond acceptors (Lipinski definition) is 7. The molecule has 1 aromatic heterocycles. The Morgan fingerprint density at radius 2 is 2.00 bits per heavy atom. The van der Waals surface area contributed by atoms with Crippen molar-refractivity contribution in [3.63, 3.8) is 0 Å². The molecule has 1 aromatic carbocycles. The van der Waals surface area contributed by atoms with E-state index in [9.17, 15) is 18.0 Å². The summed E-state index contributed by atoms with van der Waals surface area (Å²) in [5, 5.41) is 21.1. The number of carbonyl (C=O) groups is 1. The zero-order chi connectivity index (χ0) is 20.9. The fourth-order valence-corrected chi connectivity index (χ4v) is 3.17. The lowest BCUT2D eigenvalue weighted by atomic mass is 10.2. The first-order valence-electron chi connectivity index (χ1n) is 8.27. The van der Waals surface area contributed by atoms with Gasteiger partial charge in [-0.25, -0.2) is 9.89 Å². The summed E-state index contributed by atoms with van der Waals surface area (Å²) < 4.78 is 52.4. The summed E-state index contributed by atoms with van der Waals surface area (Å²) in [4.78, 5) is 11.1. The molecule has 2 N–H and O–H groups in total. The van der Waals surface area contributed by atoms with Crippen LogP contribution in [0.1, 0.15) is 28.9 Å². The van der Waals surface area contributed by atoms with Gasteiger partial charge in [-0.3, -0.25) is 0 Å². The second-order valence-corrected chi connectivity index (χ2v) is 6.90. The monoisotopic (exact) mass is 429 g/mol. The lowest BCUT2D eigenvalue weighted by Gasteiger charge is -2.18. The Morgan fingerprint density at radius 3 is 2.69 bits per heavy atom. The van der Waals surface area contributed by atoms with Gasteiger partial charge in [-0.05, 0) is 30.2 Å². The number of carboxylic acid groups (broad SMARTS) is 1. The lowest BCUT2D eigenvalue weighted by Crippen LogP contribution is -2.17. The minimum atomic E-state index is -4.92. The van der Waals surface area contributed by atoms with Crippen molar-refractivity contribution in [2.75, 3.05) is 13.2 Å². The average molecular weight is 429 g/mol. The number of benzene rings is 1. The highest BCUT2D eigenvalue weighted by Crippen LogP contribution is 2.31. The van der Waals surface area contributed by atoms with E-state index < -0.39 is 29.7 Å². The predicted molar refractivity (Wildman–Crippen MR) is 94.9 cm³/mol. The van der Waals surface area contributed by atoms with Gasteiger partial charge in [0.15, 0.2) is 0 Å². The lowest BCUT2D eigenvalue weighted by molar-refractivity contribution is -0.274. The molecular formula is C17H14F3N3O5S. The van der Waals surface area contributed by atoms with Crippen LogP contribution in [0.15, 0.2) is 18.2 Å². The number of nitrogens with zero attached hydrogens (tertiary/aromatic N) is 2. The summed E-state index contributed by atoms with van der Waals surface area (Å²) in [5.41, 5.74) is -0.253. The number of thioether (sulfide) groups is 1. The maximum Gasteiger partial charge on any atom is 0.573 e. The third-order valence-corrected chi connectivity index (χ3v) is 4.67. The van der Waals surface area contributed by atoms with Crippen molar-refractivity contribution in [2.24, 2.45) is 0 Å². The molecule has 2 heterocycles. The Balaban J connectivity index is 1.83. The highest BCUT2D eigenvalue weighted by atomic mass is 32.2. The van der Waals surface area contributed by atoms with Crippen LogP contribution in [0.5, 0.6) is 17.4 Å². The fraction of sp³-hybridized carbons (Fsp3) is 0.353. The van der Waals surface area contributed by atoms with E-state index in [1.807, 2.05) is 0 Å². The number of hydrogen-bond donors (Lipinski definition) is 2. The molecule has 0 amide bonds. The number of rotatable bonds is 5. The number of aromatic amines is 1. The van der Waals surface area contributed by atoms with E-state index in [0.717, 1.165) is 25.0 Å². The summed E-state index contributed by atoms with van der Waals surface area (Å²) in [5.74, 6) is 0.271. The van der Waals surface area contributed by atoms with E-state index in [0.29, 0.717) is 13.2 Å². The fourth-order valence-electron chi connectivity index (χ4n) is 2.40. The van der Waals surface area contributed by atoms with Crippen molar-refractivity contribution in [1.82, 2.24) is 15.4 Å². The predicted octanol–water partition coefficient (Wildman–Crippen LogP) is 3.42. The maximum absolute atomic E-state index is 12.6. The molecule has 154 valence electrons. The topological polar surface area (TPSA) is 107 Å². The number of H-pyrrole nitrogens is 1. The van der Waals surface area contributed by atoms with Gasteiger partial charge in [0.1, 0.15) is 11.5 Å². The molecule has 0 radical (unpaired) electrons. The van der Waals surface area contributed by atoms with Crippen LogP contribution in [0.3, 0.4) is 0 Å². The molecule has 0 bridgehead atoms. The maximum atomic E-state index is 12.6. The molecule has 1 aliphatic heterocycles. The Kier molecular flexibility index (Phi) is 6.50. The molecule has 1 fully saturated rings. The molecule has 0 unspecified atom stereocenters. The van der Waals surface area contributed by atoms with Crippen LogP contribution < -0.4 is 9.47 Å². The van der Waals surface area contributed by atoms with Crippen molar-refractivity contribution in [3.05, 3.63) is 29.5 Å². The average Bonchev–Trinajstić information content (AvgIpc) is 3.09. The highest BCUT2D eigenvalue weighted by molar-refractivity contribution is 8.04. The third kappa shape index (κ3) is 6.30. The zero-order valence-electron chi connectivity index (χ0n) is 14.7. The molecular weight excluding hydrogens is 415 g/mol. The van der Waals surface area contributed by atoms with Gasteiger partial charge in [0.2, 0.25) is 5.69 Å². The van der Waals surface area contributed by atoms with Gasteiger partial charge >= 0.3 is 12.3 Å². The summed E-state index contributed by atoms with van der Waals surface area (Å²) in [6, 6.07) is 3.41. The smallest absolute Gasteiger partial charge is 0.476 e. The number of ether oxygens (including phenoxy) is 3. The van der Waals surface area contributed by atoms with Gasteiger partial charge in [-0.1, -0.05) is 28.0 Å². The van der Waals surface area contributed by atoms with E-state index in [4.69, 9.17) is 14.6 Å². The van der Waals surface area contributed by atoms with Crippen LogP contribution in [-0.4, -0.2) is 51.3 Å². The van der Waals surface area contributed by atoms with Gasteiger partial charge in [-0.2, -0.15) is 0 Å². The van der Waals surface area contributed by atoms with E-state index >= 15 is 0 Å². The van der Waals surface area contributed by atoms with E-state index in [1.54, 1.807) is 0 Å². The summed E-state index contributed by atoms with van der Waals surface area (Å²) in [6.45, 7) is 1.30. The molecule has 12 heteroatoms. The third-order valence-electron chi connectivity index (χ3n) is 3.65. The largest absolute Gasteiger partial charge is 0.573 e. The molecule has 0 aliphatic carbocycles. The second-order valence-electron chi connectivity index (χ2n) is 5.80. The molecule has 0 saturated carbocycles. The second kappa shape index (κ2) is 9.06. The SMILES string of the molecule is O=C(O)c1[nH]nnc1Oc1cc(C#CSC2CCOCC2)cc(OC(F)(F)F)c1. The molecule has 2 aromatic rings. The van der Waals surface area contributed by atoms with Crippen molar-refractivity contribution < 1.29 is 37.3 Å². The summed E-state index contributed by atoms with van der Waals surface area (Å²) in [7, 11) is 0. The molecule has 0 atom stereocenters. The van der Waals surface area contributed by atoms with Crippen LogP contribution in [0.2, 0.25) is 0 Å². The first-order chi connectivity index (χ1) is 13.8. The molecule has 1 saturated heterocycles. The van der Waals surface area contributed by atoms with Crippen molar-refractivity contribution in [3.8, 4) is 28.6 Å². The van der Waals surface area contributed by atoms with Gasteiger partial charge in [0.05, 0.1) is 0 Å². The van der Waals surface area contributed by atoms with E-state index in [1.165, 1.54) is 17.8 Å². The molecule has 1 aliphatic rings. The van der Waals surface area contributed by atoms with E-state index in [-0.39, 0.29) is 16.6 Å². The number of aromatic carboxylic acids is 1. The summed E-state index contributed by atoms with van der Waals surface area (Å²) in [6.07, 6.45) is -3.23. The first-order valence-corrected chi connectivity index (χ1v) is 9.15. The Bertz CT molecular complexity index is 932. The van der Waals surface area contributed by atoms with Crippen LogP contribution in [-0.2, 0) is 4.74 Å². The standard InChI is InChI=1S/C17H14F3N3O5S/c18-17(19,20)28-12-8-10(3-6-29-13-1-4-26-5-2-13)7-11(9-12)27-15-14(16(24)25)21-23-22-15/h7-9,13H,1-2,4-5H2,(H,24,25)(H,21,22,23).